The number of rotatable bonds is 4. The summed E-state index contributed by atoms with van der Waals surface area (Å²) in [5.74, 6) is -1.48. The summed E-state index contributed by atoms with van der Waals surface area (Å²) in [5, 5.41) is 2.79. The van der Waals surface area contributed by atoms with E-state index in [0.717, 1.165) is 12.3 Å². The summed E-state index contributed by atoms with van der Waals surface area (Å²) < 4.78 is 25.4. The zero-order valence-electron chi connectivity index (χ0n) is 17.1. The van der Waals surface area contributed by atoms with Gasteiger partial charge in [-0.25, -0.2) is 13.8 Å². The molecule has 4 rings (SSSR count). The number of carbonyl (C=O) groups excluding carboxylic acids is 2. The lowest BCUT2D eigenvalue weighted by molar-refractivity contribution is -0.122. The Morgan fingerprint density at radius 3 is 2.75 bits per heavy atom. The molecule has 7 nitrogen and oxygen atoms in total. The lowest BCUT2D eigenvalue weighted by Gasteiger charge is -2.24. The number of halogens is 3. The minimum Gasteiger partial charge on any atom is -0.323 e. The van der Waals surface area contributed by atoms with E-state index in [2.05, 4.69) is 20.3 Å². The second kappa shape index (κ2) is 8.58. The first-order chi connectivity index (χ1) is 15.3. The summed E-state index contributed by atoms with van der Waals surface area (Å²) >= 11 is 6.47. The van der Waals surface area contributed by atoms with Crippen molar-refractivity contribution in [2.75, 3.05) is 16.8 Å². The zero-order valence-corrected chi connectivity index (χ0v) is 17.9. The van der Waals surface area contributed by atoms with E-state index in [4.69, 9.17) is 11.6 Å². The average Bonchev–Trinajstić information content (AvgIpc) is 2.84. The summed E-state index contributed by atoms with van der Waals surface area (Å²) in [5.41, 5.74) is 2.62. The number of aromatic nitrogens is 3. The number of hydrogen-bond acceptors (Lipinski definition) is 5. The minimum absolute atomic E-state index is 0.202. The van der Waals surface area contributed by atoms with Gasteiger partial charge in [0.1, 0.15) is 17.4 Å². The first-order valence-corrected chi connectivity index (χ1v) is 10.1. The highest BCUT2D eigenvalue weighted by molar-refractivity contribution is 6.33. The third-order valence-corrected chi connectivity index (χ3v) is 5.40. The van der Waals surface area contributed by atoms with Crippen LogP contribution in [0, 0.1) is 6.92 Å². The molecular formula is C22H18ClF2N5O2. The number of carbonyl (C=O) groups is 2. The predicted octanol–water partition coefficient (Wildman–Crippen LogP) is 4.53. The lowest BCUT2D eigenvalue weighted by atomic mass is 9.98. The quantitative estimate of drug-likeness (QED) is 0.582. The number of nitrogens with zero attached hydrogens (tertiary/aromatic N) is 4. The van der Waals surface area contributed by atoms with Gasteiger partial charge in [-0.1, -0.05) is 17.7 Å². The fraction of sp³-hybridized carbons (Fsp3) is 0.227. The first kappa shape index (κ1) is 21.8. The van der Waals surface area contributed by atoms with Gasteiger partial charge >= 0.3 is 0 Å². The van der Waals surface area contributed by atoms with Crippen molar-refractivity contribution in [3.8, 4) is 11.1 Å². The standard InChI is InChI=1S/C22H18ClF2N5O2/c1-11-8-16-18(20(23)28-11)14-4-3-7-26-19(14)12(2)22(32)30(16)10-17(31)29-13-5-6-15(21(24)25)27-9-13/h3-9,12,21H,10H2,1-2H3,(H,29,31)/t12-/m0/s1. The largest absolute Gasteiger partial charge is 0.323 e. The molecule has 0 saturated carbocycles. The molecule has 3 aromatic rings. The summed E-state index contributed by atoms with van der Waals surface area (Å²) in [6.45, 7) is 3.14. The van der Waals surface area contributed by atoms with Crippen molar-refractivity contribution in [2.24, 2.45) is 0 Å². The van der Waals surface area contributed by atoms with Crippen molar-refractivity contribution >= 4 is 34.8 Å². The Kier molecular flexibility index (Phi) is 5.84. The Hall–Kier alpha value is -3.46. The highest BCUT2D eigenvalue weighted by Gasteiger charge is 2.35. The van der Waals surface area contributed by atoms with E-state index in [1.54, 1.807) is 32.2 Å². The number of amides is 2. The van der Waals surface area contributed by atoms with E-state index in [9.17, 15) is 18.4 Å². The van der Waals surface area contributed by atoms with Gasteiger partial charge in [-0.15, -0.1) is 0 Å². The molecule has 32 heavy (non-hydrogen) atoms. The van der Waals surface area contributed by atoms with Crippen molar-refractivity contribution in [1.29, 1.82) is 0 Å². The van der Waals surface area contributed by atoms with Crippen LogP contribution < -0.4 is 10.2 Å². The molecule has 0 unspecified atom stereocenters. The van der Waals surface area contributed by atoms with E-state index >= 15 is 0 Å². The number of fused-ring (bicyclic) bond motifs is 3. The van der Waals surface area contributed by atoms with Gasteiger partial charge in [0.05, 0.1) is 29.2 Å². The maximum atomic E-state index is 13.3. The second-order valence-corrected chi connectivity index (χ2v) is 7.71. The van der Waals surface area contributed by atoms with Crippen LogP contribution in [0.15, 0.2) is 42.7 Å². The van der Waals surface area contributed by atoms with Gasteiger partial charge in [-0.05, 0) is 38.1 Å². The lowest BCUT2D eigenvalue weighted by Crippen LogP contribution is -2.40. The molecule has 0 bridgehead atoms. The van der Waals surface area contributed by atoms with Crippen molar-refractivity contribution < 1.29 is 18.4 Å². The van der Waals surface area contributed by atoms with Gasteiger partial charge in [0.25, 0.3) is 6.43 Å². The predicted molar refractivity (Wildman–Crippen MR) is 116 cm³/mol. The fourth-order valence-corrected chi connectivity index (χ4v) is 3.97. The SMILES string of the molecule is Cc1cc2c(c(Cl)n1)-c1cccnc1[C@H](C)C(=O)N2CC(=O)Nc1ccc(C(F)F)nc1. The Labute approximate surface area is 187 Å². The first-order valence-electron chi connectivity index (χ1n) is 9.74. The molecule has 1 atom stereocenters. The Balaban J connectivity index is 1.69. The molecule has 0 fully saturated rings. The van der Waals surface area contributed by atoms with Crippen molar-refractivity contribution in [3.63, 3.8) is 0 Å². The van der Waals surface area contributed by atoms with Crippen LogP contribution in [-0.2, 0) is 9.59 Å². The third kappa shape index (κ3) is 4.03. The fourth-order valence-electron chi connectivity index (χ4n) is 3.64. The van der Waals surface area contributed by atoms with Gasteiger partial charge in [-0.3, -0.25) is 19.6 Å². The maximum Gasteiger partial charge on any atom is 0.280 e. The van der Waals surface area contributed by atoms with Crippen molar-refractivity contribution in [2.45, 2.75) is 26.2 Å². The molecule has 10 heteroatoms. The smallest absolute Gasteiger partial charge is 0.280 e. The van der Waals surface area contributed by atoms with Crippen molar-refractivity contribution in [3.05, 3.63) is 65.0 Å². The maximum absolute atomic E-state index is 13.3. The minimum atomic E-state index is -2.70. The molecule has 1 N–H and O–H groups in total. The number of hydrogen-bond donors (Lipinski definition) is 1. The number of pyridine rings is 3. The van der Waals surface area contributed by atoms with Crippen LogP contribution in [0.2, 0.25) is 5.15 Å². The van der Waals surface area contributed by atoms with Gasteiger partial charge < -0.3 is 10.2 Å². The highest BCUT2D eigenvalue weighted by Crippen LogP contribution is 2.43. The molecule has 0 saturated heterocycles. The molecule has 1 aliphatic rings. The van der Waals surface area contributed by atoms with E-state index < -0.39 is 23.9 Å². The summed E-state index contributed by atoms with van der Waals surface area (Å²) in [6.07, 6.45) is 0.0329. The average molecular weight is 458 g/mol. The molecule has 1 aliphatic heterocycles. The molecule has 0 aliphatic carbocycles. The Morgan fingerprint density at radius 1 is 1.28 bits per heavy atom. The second-order valence-electron chi connectivity index (χ2n) is 7.35. The van der Waals surface area contributed by atoms with Crippen LogP contribution in [-0.4, -0.2) is 33.3 Å². The van der Waals surface area contributed by atoms with Crippen LogP contribution in [0.5, 0.6) is 0 Å². The molecule has 4 heterocycles. The Morgan fingerprint density at radius 2 is 2.06 bits per heavy atom. The molecule has 0 aromatic carbocycles. The molecule has 164 valence electrons. The summed E-state index contributed by atoms with van der Waals surface area (Å²) in [4.78, 5) is 39.8. The number of aryl methyl sites for hydroxylation is 1. The third-order valence-electron chi connectivity index (χ3n) is 5.12. The van der Waals surface area contributed by atoms with Gasteiger partial charge in [0.2, 0.25) is 11.8 Å². The van der Waals surface area contributed by atoms with E-state index in [1.807, 2.05) is 6.07 Å². The molecule has 2 amide bonds. The van der Waals surface area contributed by atoms with E-state index in [0.29, 0.717) is 28.2 Å². The van der Waals surface area contributed by atoms with Crippen LogP contribution >= 0.6 is 11.6 Å². The summed E-state index contributed by atoms with van der Waals surface area (Å²) in [6, 6.07) is 7.71. The summed E-state index contributed by atoms with van der Waals surface area (Å²) in [7, 11) is 0. The highest BCUT2D eigenvalue weighted by atomic mass is 35.5. The topological polar surface area (TPSA) is 88.1 Å². The Bertz CT molecular complexity index is 1200. The normalized spacial score (nSPS) is 15.2. The molecule has 0 spiro atoms. The van der Waals surface area contributed by atoms with Crippen molar-refractivity contribution in [1.82, 2.24) is 15.0 Å². The zero-order chi connectivity index (χ0) is 23.0. The van der Waals surface area contributed by atoms with Crippen LogP contribution in [0.1, 0.15) is 36.3 Å². The van der Waals surface area contributed by atoms with Crippen LogP contribution in [0.3, 0.4) is 0 Å². The van der Waals surface area contributed by atoms with E-state index in [1.165, 1.54) is 11.0 Å². The number of alkyl halides is 2. The number of nitrogens with one attached hydrogen (secondary N) is 1. The molecular weight excluding hydrogens is 440 g/mol. The van der Waals surface area contributed by atoms with Gasteiger partial charge in [0, 0.05) is 23.0 Å². The monoisotopic (exact) mass is 457 g/mol. The van der Waals surface area contributed by atoms with E-state index in [-0.39, 0.29) is 23.3 Å². The van der Waals surface area contributed by atoms with Crippen LogP contribution in [0.4, 0.5) is 20.2 Å². The molecule has 3 aromatic heterocycles. The van der Waals surface area contributed by atoms with Gasteiger partial charge in [-0.2, -0.15) is 0 Å². The van der Waals surface area contributed by atoms with Crippen LogP contribution in [0.25, 0.3) is 11.1 Å². The van der Waals surface area contributed by atoms with Gasteiger partial charge in [0.15, 0.2) is 0 Å². The number of anilines is 2. The molecule has 0 radical (unpaired) electrons.